The van der Waals surface area contributed by atoms with E-state index in [1.165, 1.54) is 12.2 Å². The Bertz CT molecular complexity index is 1290. The lowest BCUT2D eigenvalue weighted by Crippen LogP contribution is -2.59. The summed E-state index contributed by atoms with van der Waals surface area (Å²) < 4.78 is 35.8. The van der Waals surface area contributed by atoms with E-state index in [2.05, 4.69) is 161 Å². The Labute approximate surface area is 350 Å². The third-order valence-electron chi connectivity index (χ3n) is 14.5. The number of allylic oxidation sites excluding steroid dienone is 1. The van der Waals surface area contributed by atoms with Crippen LogP contribution >= 0.6 is 0 Å². The van der Waals surface area contributed by atoms with Gasteiger partial charge < -0.3 is 27.5 Å². The summed E-state index contributed by atoms with van der Waals surface area (Å²) in [6.07, 6.45) is 1.97. The van der Waals surface area contributed by atoms with Crippen LogP contribution in [0.4, 0.5) is 0 Å². The minimum Gasteiger partial charge on any atom is -0.416 e. The van der Waals surface area contributed by atoms with Crippen LogP contribution in [0.5, 0.6) is 0 Å². The Hall–Kier alpha value is -0.202. The summed E-state index contributed by atoms with van der Waals surface area (Å²) in [5.41, 5.74) is -0.691. The SMILES string of the molecule is C/C=C\[C@H](C)[C@H]1OC1(C)[C@@H](O[Si](C)(C)C(C)(C)C)[C@@H](CO[Si](C)(C)C(C)(C)C)[C@H](O)[C@H](CO[Si](C)(C)C(C)(C)C)[C@@H](CC(=O)N(C)OC)O[Si](C)(C)C(C)(C)C. The van der Waals surface area contributed by atoms with Gasteiger partial charge in [0.05, 0.1) is 37.9 Å². The molecule has 0 aromatic heterocycles. The second-order valence-electron chi connectivity index (χ2n) is 23.1. The molecule has 1 aliphatic rings. The van der Waals surface area contributed by atoms with Gasteiger partial charge in [0.15, 0.2) is 33.3 Å². The molecule has 0 aliphatic carbocycles. The number of nitrogens with zero attached hydrogens (tertiary/aromatic N) is 1. The largest absolute Gasteiger partial charge is 0.416 e. The number of aliphatic hydroxyl groups excluding tert-OH is 1. The number of ether oxygens (including phenoxy) is 1. The van der Waals surface area contributed by atoms with E-state index in [4.69, 9.17) is 27.3 Å². The van der Waals surface area contributed by atoms with E-state index in [-0.39, 0.29) is 57.7 Å². The first-order valence-electron chi connectivity index (χ1n) is 21.2. The Morgan fingerprint density at radius 3 is 1.52 bits per heavy atom. The van der Waals surface area contributed by atoms with Crippen molar-refractivity contribution in [2.75, 3.05) is 27.4 Å². The monoisotopic (exact) mass is 862 g/mol. The second-order valence-corrected chi connectivity index (χ2v) is 42.2. The third kappa shape index (κ3) is 13.4. The van der Waals surface area contributed by atoms with Gasteiger partial charge in [-0.05, 0) is 86.4 Å². The molecule has 0 radical (unpaired) electrons. The predicted molar refractivity (Wildman–Crippen MR) is 245 cm³/mol. The molecular weight excluding hydrogens is 771 g/mol. The van der Waals surface area contributed by atoms with Gasteiger partial charge in [0, 0.05) is 38.0 Å². The minimum atomic E-state index is -2.51. The fourth-order valence-electron chi connectivity index (χ4n) is 6.01. The molecule has 1 amide bonds. The smallest absolute Gasteiger partial charge is 0.248 e. The van der Waals surface area contributed by atoms with Crippen molar-refractivity contribution in [3.8, 4) is 0 Å². The minimum absolute atomic E-state index is 0.0255. The van der Waals surface area contributed by atoms with Gasteiger partial charge in [0.25, 0.3) is 0 Å². The van der Waals surface area contributed by atoms with Crippen LogP contribution in [0.25, 0.3) is 0 Å². The first-order chi connectivity index (χ1) is 24.7. The number of carbonyl (C=O) groups excluding carboxylic acids is 1. The lowest BCUT2D eigenvalue weighted by molar-refractivity contribution is -0.172. The van der Waals surface area contributed by atoms with Crippen molar-refractivity contribution in [1.82, 2.24) is 5.06 Å². The van der Waals surface area contributed by atoms with Crippen molar-refractivity contribution < 1.29 is 37.2 Å². The molecule has 9 nitrogen and oxygen atoms in total. The number of aliphatic hydroxyl groups is 1. The van der Waals surface area contributed by atoms with Crippen LogP contribution in [-0.2, 0) is 32.1 Å². The van der Waals surface area contributed by atoms with E-state index in [1.807, 2.05) is 6.92 Å². The molecule has 1 aliphatic heterocycles. The lowest BCUT2D eigenvalue weighted by atomic mass is 9.78. The fourth-order valence-corrected chi connectivity index (χ4v) is 10.9. The van der Waals surface area contributed by atoms with Crippen molar-refractivity contribution >= 4 is 39.2 Å². The molecule has 0 spiro atoms. The van der Waals surface area contributed by atoms with Crippen molar-refractivity contribution in [1.29, 1.82) is 0 Å². The zero-order chi connectivity index (χ0) is 44.5. The Kier molecular flexibility index (Phi) is 18.1. The lowest BCUT2D eigenvalue weighted by Gasteiger charge is -2.48. The number of epoxide rings is 1. The molecule has 0 bridgehead atoms. The summed E-state index contributed by atoms with van der Waals surface area (Å²) in [6.45, 7) is 51.6. The maximum absolute atomic E-state index is 13.9. The van der Waals surface area contributed by atoms with Gasteiger partial charge in [-0.15, -0.1) is 0 Å². The number of hydrogen-bond acceptors (Lipinski definition) is 8. The molecule has 13 heteroatoms. The van der Waals surface area contributed by atoms with Gasteiger partial charge in [-0.1, -0.05) is 102 Å². The molecule has 0 aromatic carbocycles. The van der Waals surface area contributed by atoms with Gasteiger partial charge in [-0.25, -0.2) is 5.06 Å². The van der Waals surface area contributed by atoms with Crippen molar-refractivity contribution in [2.24, 2.45) is 17.8 Å². The fraction of sp³-hybridized carbons (Fsp3) is 0.930. The number of hydrogen-bond donors (Lipinski definition) is 1. The average Bonchev–Trinajstić information content (AvgIpc) is 3.70. The van der Waals surface area contributed by atoms with E-state index in [1.54, 1.807) is 7.05 Å². The Balaban J connectivity index is 4.31. The number of rotatable bonds is 20. The molecule has 1 N–H and O–H groups in total. The van der Waals surface area contributed by atoms with Gasteiger partial charge in [0.2, 0.25) is 5.91 Å². The van der Waals surface area contributed by atoms with E-state index in [0.29, 0.717) is 0 Å². The first-order valence-corrected chi connectivity index (χ1v) is 32.8. The molecular formula is C43H91NO8Si4. The average molecular weight is 863 g/mol. The molecule has 1 heterocycles. The first kappa shape index (κ1) is 53.8. The van der Waals surface area contributed by atoms with E-state index in [9.17, 15) is 9.90 Å². The number of amides is 1. The number of carbonyl (C=O) groups is 1. The normalized spacial score (nSPS) is 22.8. The topological polar surface area (TPSA) is 99.2 Å². The van der Waals surface area contributed by atoms with Crippen molar-refractivity contribution in [3.63, 3.8) is 0 Å². The molecule has 1 saturated heterocycles. The van der Waals surface area contributed by atoms with Crippen LogP contribution in [0.3, 0.4) is 0 Å². The van der Waals surface area contributed by atoms with Crippen LogP contribution in [-0.4, -0.2) is 107 Å². The second kappa shape index (κ2) is 18.8. The summed E-state index contributed by atoms with van der Waals surface area (Å²) in [4.78, 5) is 19.3. The Morgan fingerprint density at radius 1 is 0.750 bits per heavy atom. The highest BCUT2D eigenvalue weighted by Gasteiger charge is 2.64. The summed E-state index contributed by atoms with van der Waals surface area (Å²) in [5.74, 6) is -1.20. The van der Waals surface area contributed by atoms with Gasteiger partial charge >= 0.3 is 0 Å². The highest BCUT2D eigenvalue weighted by atomic mass is 28.4. The Morgan fingerprint density at radius 2 is 1.14 bits per heavy atom. The highest BCUT2D eigenvalue weighted by Crippen LogP contribution is 2.52. The van der Waals surface area contributed by atoms with E-state index in [0.717, 1.165) is 0 Å². The van der Waals surface area contributed by atoms with Crippen molar-refractivity contribution in [3.05, 3.63) is 12.2 Å². The standard InChI is InChI=1S/C43H91NO8Si4/c1-26-27-31(2)37-43(15,50-37)38(52-56(24,25)42(12,13)14)33(30-49-54(20,21)40(6,7)8)36(46)32(29-48-53(18,19)39(3,4)5)34(28-35(45)44(16)47-17)51-55(22,23)41(9,10)11/h26-27,31-34,36-38,46H,28-30H2,1-25H3/b27-26-/t31-,32+,33-,34+,36+,37+,38-,43?/m0/s1. The third-order valence-corrected chi connectivity index (χ3v) is 32.5. The van der Waals surface area contributed by atoms with Crippen LogP contribution in [0.15, 0.2) is 12.2 Å². The molecule has 1 unspecified atom stereocenters. The zero-order valence-electron chi connectivity index (χ0n) is 41.1. The molecule has 0 saturated carbocycles. The number of hydroxylamine groups is 2. The van der Waals surface area contributed by atoms with Crippen LogP contribution in [0.2, 0.25) is 72.5 Å². The predicted octanol–water partition coefficient (Wildman–Crippen LogP) is 11.2. The van der Waals surface area contributed by atoms with Crippen molar-refractivity contribution in [2.45, 2.75) is 213 Å². The van der Waals surface area contributed by atoms with Crippen LogP contribution < -0.4 is 0 Å². The molecule has 8 atom stereocenters. The summed E-state index contributed by atoms with van der Waals surface area (Å²) in [7, 11) is -6.51. The summed E-state index contributed by atoms with van der Waals surface area (Å²) >= 11 is 0. The maximum atomic E-state index is 13.9. The molecule has 0 aromatic rings. The quantitative estimate of drug-likeness (QED) is 0.0559. The van der Waals surface area contributed by atoms with Gasteiger partial charge in [-0.3, -0.25) is 9.63 Å². The van der Waals surface area contributed by atoms with Gasteiger partial charge in [-0.2, -0.15) is 0 Å². The van der Waals surface area contributed by atoms with Crippen LogP contribution in [0, 0.1) is 17.8 Å². The molecule has 332 valence electrons. The molecule has 56 heavy (non-hydrogen) atoms. The summed E-state index contributed by atoms with van der Waals surface area (Å²) in [5, 5.41) is 14.3. The van der Waals surface area contributed by atoms with Gasteiger partial charge in [0.1, 0.15) is 5.60 Å². The summed E-state index contributed by atoms with van der Waals surface area (Å²) in [6, 6.07) is 0. The maximum Gasteiger partial charge on any atom is 0.248 e. The molecule has 1 fully saturated rings. The van der Waals surface area contributed by atoms with E-state index >= 15 is 0 Å². The molecule has 1 rings (SSSR count). The van der Waals surface area contributed by atoms with Crippen LogP contribution in [0.1, 0.15) is 110 Å². The highest BCUT2D eigenvalue weighted by molar-refractivity contribution is 6.75. The zero-order valence-corrected chi connectivity index (χ0v) is 45.1. The van der Waals surface area contributed by atoms with E-state index < -0.39 is 69.0 Å².